The molecule has 2 aliphatic carbocycles. The number of nitrogens with zero attached hydrogens (tertiary/aromatic N) is 2. The number of methoxy groups -OCH3 is 2. The van der Waals surface area contributed by atoms with Crippen molar-refractivity contribution < 1.29 is 14.3 Å². The zero-order valence-corrected chi connectivity index (χ0v) is 20.3. The lowest BCUT2D eigenvalue weighted by atomic mass is 10.1. The molecule has 2 fully saturated rings. The Bertz CT molecular complexity index is 1140. The summed E-state index contributed by atoms with van der Waals surface area (Å²) in [6, 6.07) is 22.2. The highest BCUT2D eigenvalue weighted by atomic mass is 16.5. The first-order chi connectivity index (χ1) is 16.9. The van der Waals surface area contributed by atoms with Gasteiger partial charge in [0.25, 0.3) is 0 Å². The Morgan fingerprint density at radius 2 is 1.43 bits per heavy atom. The molecule has 3 N–H and O–H groups in total. The summed E-state index contributed by atoms with van der Waals surface area (Å²) in [5, 5.41) is 3.20. The monoisotopic (exact) mass is 472 g/mol. The Labute approximate surface area is 206 Å². The van der Waals surface area contributed by atoms with Crippen LogP contribution in [0.25, 0.3) is 0 Å². The Hall–Kier alpha value is -3.58. The van der Waals surface area contributed by atoms with E-state index in [1.54, 1.807) is 14.2 Å². The van der Waals surface area contributed by atoms with E-state index >= 15 is 0 Å². The zero-order valence-electron chi connectivity index (χ0n) is 20.3. The molecule has 2 saturated carbocycles. The molecule has 3 aromatic rings. The summed E-state index contributed by atoms with van der Waals surface area (Å²) in [5.41, 5.74) is 8.23. The zero-order chi connectivity index (χ0) is 24.5. The third-order valence-electron chi connectivity index (χ3n) is 6.96. The van der Waals surface area contributed by atoms with Gasteiger partial charge in [0.05, 0.1) is 31.0 Å². The number of carbonyl (C=O) groups excluding carboxylic acids is 1. The van der Waals surface area contributed by atoms with Gasteiger partial charge in [0, 0.05) is 13.1 Å². The first-order valence-corrected chi connectivity index (χ1v) is 12.0. The molecule has 0 saturated heterocycles. The molecule has 2 aliphatic rings. The lowest BCUT2D eigenvalue weighted by Crippen LogP contribution is -2.47. The van der Waals surface area contributed by atoms with Crippen molar-refractivity contribution in [3.63, 3.8) is 0 Å². The van der Waals surface area contributed by atoms with Gasteiger partial charge in [-0.3, -0.25) is 4.79 Å². The second kappa shape index (κ2) is 9.23. The number of hydrogen-bond acceptors (Lipinski definition) is 6. The van der Waals surface area contributed by atoms with Crippen molar-refractivity contribution >= 4 is 11.7 Å². The van der Waals surface area contributed by atoms with Gasteiger partial charge >= 0.3 is 0 Å². The first kappa shape index (κ1) is 23.2. The van der Waals surface area contributed by atoms with Gasteiger partial charge in [-0.1, -0.05) is 30.3 Å². The fourth-order valence-electron chi connectivity index (χ4n) is 4.26. The number of nitrogens with one attached hydrogen (secondary N) is 1. The minimum Gasteiger partial charge on any atom is -0.497 e. The van der Waals surface area contributed by atoms with Gasteiger partial charge in [-0.15, -0.1) is 0 Å². The van der Waals surface area contributed by atoms with Crippen molar-refractivity contribution in [2.24, 2.45) is 5.73 Å². The number of hydrogen-bond donors (Lipinski definition) is 2. The molecule has 0 radical (unpaired) electrons. The van der Waals surface area contributed by atoms with Gasteiger partial charge in [-0.2, -0.15) is 0 Å². The topological polar surface area (TPSA) is 89.7 Å². The number of benzene rings is 2. The van der Waals surface area contributed by atoms with E-state index in [2.05, 4.69) is 34.5 Å². The highest BCUT2D eigenvalue weighted by Gasteiger charge is 2.53. The second-order valence-corrected chi connectivity index (χ2v) is 9.63. The average Bonchev–Trinajstić information content (AvgIpc) is 3.83. The highest BCUT2D eigenvalue weighted by Crippen LogP contribution is 2.46. The van der Waals surface area contributed by atoms with Crippen molar-refractivity contribution in [3.8, 4) is 11.5 Å². The molecule has 2 aromatic carbocycles. The molecule has 182 valence electrons. The predicted molar refractivity (Wildman–Crippen MR) is 135 cm³/mol. The van der Waals surface area contributed by atoms with Crippen LogP contribution in [-0.2, 0) is 23.4 Å². The average molecular weight is 473 g/mol. The van der Waals surface area contributed by atoms with E-state index in [0.717, 1.165) is 59.8 Å². The lowest BCUT2D eigenvalue weighted by Gasteiger charge is -2.26. The van der Waals surface area contributed by atoms with Gasteiger partial charge in [-0.05, 0) is 73.2 Å². The number of pyridine rings is 1. The third kappa shape index (κ3) is 5.10. The molecular formula is C28H32N4O3. The van der Waals surface area contributed by atoms with Crippen LogP contribution in [-0.4, -0.2) is 30.6 Å². The number of ether oxygens (including phenoxy) is 2. The van der Waals surface area contributed by atoms with E-state index in [1.807, 2.05) is 42.5 Å². The van der Waals surface area contributed by atoms with Gasteiger partial charge in [-0.25, -0.2) is 4.98 Å². The van der Waals surface area contributed by atoms with E-state index in [4.69, 9.17) is 20.2 Å². The summed E-state index contributed by atoms with van der Waals surface area (Å²) in [4.78, 5) is 20.0. The van der Waals surface area contributed by atoms with Gasteiger partial charge in [0.2, 0.25) is 5.91 Å². The fourth-order valence-corrected chi connectivity index (χ4v) is 4.26. The van der Waals surface area contributed by atoms with Crippen LogP contribution >= 0.6 is 0 Å². The molecule has 0 unspecified atom stereocenters. The van der Waals surface area contributed by atoms with Crippen LogP contribution in [0.5, 0.6) is 11.5 Å². The lowest BCUT2D eigenvalue weighted by molar-refractivity contribution is -0.124. The minimum atomic E-state index is -0.692. The van der Waals surface area contributed by atoms with Crippen LogP contribution in [0.3, 0.4) is 0 Å². The third-order valence-corrected chi connectivity index (χ3v) is 6.96. The fraction of sp³-hybridized carbons (Fsp3) is 0.357. The largest absolute Gasteiger partial charge is 0.497 e. The number of nitrogens with two attached hydrogens (primary N) is 1. The van der Waals surface area contributed by atoms with Gasteiger partial charge < -0.3 is 25.4 Å². The van der Waals surface area contributed by atoms with Gasteiger partial charge in [0.15, 0.2) is 0 Å². The van der Waals surface area contributed by atoms with Crippen LogP contribution in [0.15, 0.2) is 66.7 Å². The summed E-state index contributed by atoms with van der Waals surface area (Å²) >= 11 is 0. The molecule has 35 heavy (non-hydrogen) atoms. The Kier molecular flexibility index (Phi) is 6.11. The van der Waals surface area contributed by atoms with Gasteiger partial charge in [0.1, 0.15) is 17.3 Å². The molecule has 5 rings (SSSR count). The maximum atomic E-state index is 12.7. The van der Waals surface area contributed by atoms with Crippen molar-refractivity contribution in [2.45, 2.75) is 49.9 Å². The quantitative estimate of drug-likeness (QED) is 0.465. The van der Waals surface area contributed by atoms with Crippen molar-refractivity contribution in [1.82, 2.24) is 10.3 Å². The van der Waals surface area contributed by atoms with E-state index in [-0.39, 0.29) is 5.91 Å². The maximum absolute atomic E-state index is 12.7. The number of anilines is 1. The van der Waals surface area contributed by atoms with Crippen LogP contribution in [0.1, 0.15) is 42.5 Å². The molecule has 7 heteroatoms. The molecular weight excluding hydrogens is 440 g/mol. The summed E-state index contributed by atoms with van der Waals surface area (Å²) in [5.74, 6) is 2.46. The Morgan fingerprint density at radius 1 is 0.886 bits per heavy atom. The highest BCUT2D eigenvalue weighted by molar-refractivity contribution is 5.90. The molecule has 1 heterocycles. The molecule has 1 amide bonds. The standard InChI is InChI=1S/C28H32N4O3/c1-34-22-10-6-20(7-11-22)18-32(19-21-8-12-23(35-2)13-9-21)25-5-3-4-24(30-25)28(16-17-28)31-26(33)27(29)14-15-27/h3-13H,14-19,29H2,1-2H3,(H,31,33). The van der Waals surface area contributed by atoms with E-state index in [0.29, 0.717) is 13.1 Å². The minimum absolute atomic E-state index is 0.0597. The van der Waals surface area contributed by atoms with Crippen LogP contribution in [0.2, 0.25) is 0 Å². The Morgan fingerprint density at radius 3 is 1.89 bits per heavy atom. The molecule has 0 atom stereocenters. The molecule has 0 aliphatic heterocycles. The van der Waals surface area contributed by atoms with E-state index in [1.165, 1.54) is 0 Å². The van der Waals surface area contributed by atoms with Crippen LogP contribution in [0, 0.1) is 0 Å². The number of rotatable bonds is 10. The van der Waals surface area contributed by atoms with E-state index in [9.17, 15) is 4.79 Å². The van der Waals surface area contributed by atoms with Crippen molar-refractivity contribution in [1.29, 1.82) is 0 Å². The summed E-state index contributed by atoms with van der Waals surface area (Å²) in [7, 11) is 3.34. The number of carbonyl (C=O) groups is 1. The first-order valence-electron chi connectivity index (χ1n) is 12.0. The van der Waals surface area contributed by atoms with E-state index < -0.39 is 11.1 Å². The molecule has 0 spiro atoms. The molecule has 0 bridgehead atoms. The number of aromatic nitrogens is 1. The van der Waals surface area contributed by atoms with Crippen LogP contribution in [0.4, 0.5) is 5.82 Å². The Balaban J connectivity index is 1.41. The second-order valence-electron chi connectivity index (χ2n) is 9.63. The predicted octanol–water partition coefficient (Wildman–Crippen LogP) is 3.90. The maximum Gasteiger partial charge on any atom is 0.240 e. The molecule has 7 nitrogen and oxygen atoms in total. The smallest absolute Gasteiger partial charge is 0.240 e. The normalized spacial score (nSPS) is 16.8. The SMILES string of the molecule is COc1ccc(CN(Cc2ccc(OC)cc2)c2cccc(C3(NC(=O)C4(N)CC4)CC3)n2)cc1. The summed E-state index contributed by atoms with van der Waals surface area (Å²) < 4.78 is 10.6. The van der Waals surface area contributed by atoms with Crippen molar-refractivity contribution in [2.75, 3.05) is 19.1 Å². The van der Waals surface area contributed by atoms with Crippen LogP contribution < -0.4 is 25.4 Å². The number of amides is 1. The van der Waals surface area contributed by atoms with Crippen molar-refractivity contribution in [3.05, 3.63) is 83.6 Å². The summed E-state index contributed by atoms with van der Waals surface area (Å²) in [6.45, 7) is 1.36. The summed E-state index contributed by atoms with van der Waals surface area (Å²) in [6.07, 6.45) is 3.25. The molecule has 1 aromatic heterocycles.